The third kappa shape index (κ3) is 3.17. The van der Waals surface area contributed by atoms with Crippen molar-refractivity contribution in [2.45, 2.75) is 13.8 Å². The number of hydrogen-bond acceptors (Lipinski definition) is 3. The second-order valence-electron chi connectivity index (χ2n) is 5.24. The molecule has 0 fully saturated rings. The lowest BCUT2D eigenvalue weighted by molar-refractivity contribution is -0.110. The van der Waals surface area contributed by atoms with Gasteiger partial charge in [-0.1, -0.05) is 18.2 Å². The molecule has 3 rings (SSSR count). The first kappa shape index (κ1) is 16.6. The largest absolute Gasteiger partial charge is 0.493 e. The average molecular weight is 388 g/mol. The van der Waals surface area contributed by atoms with Crippen LogP contribution in [0.2, 0.25) is 0 Å². The van der Waals surface area contributed by atoms with Gasteiger partial charge in [-0.25, -0.2) is 0 Å². The maximum Gasteiger partial charge on any atom is 0.256 e. The predicted octanol–water partition coefficient (Wildman–Crippen LogP) is 4.74. The van der Waals surface area contributed by atoms with Crippen LogP contribution in [0.15, 0.2) is 40.9 Å². The van der Waals surface area contributed by atoms with Crippen molar-refractivity contribution in [3.05, 3.63) is 52.0 Å². The summed E-state index contributed by atoms with van der Waals surface area (Å²) >= 11 is 3.52. The molecule has 2 aromatic rings. The molecular weight excluding hydrogens is 370 g/mol. The predicted molar refractivity (Wildman–Crippen MR) is 99.4 cm³/mol. The summed E-state index contributed by atoms with van der Waals surface area (Å²) in [4.78, 5) is 12.3. The van der Waals surface area contributed by atoms with Crippen LogP contribution in [0.4, 0.5) is 5.69 Å². The maximum absolute atomic E-state index is 12.3. The molecule has 1 N–H and O–H groups in total. The first-order chi connectivity index (χ1) is 11.6. The summed E-state index contributed by atoms with van der Waals surface area (Å²) in [6.07, 6.45) is 1.85. The summed E-state index contributed by atoms with van der Waals surface area (Å²) < 4.78 is 12.2. The number of para-hydroxylation sites is 1. The fourth-order valence-corrected chi connectivity index (χ4v) is 3.12. The van der Waals surface area contributed by atoms with Crippen LogP contribution < -0.4 is 14.8 Å². The minimum absolute atomic E-state index is 0.108. The van der Waals surface area contributed by atoms with E-state index in [0.29, 0.717) is 24.5 Å². The Bertz CT molecular complexity index is 814. The number of amides is 1. The van der Waals surface area contributed by atoms with Crippen LogP contribution in [0.3, 0.4) is 0 Å². The molecule has 0 unspecified atom stereocenters. The van der Waals surface area contributed by atoms with E-state index in [1.54, 1.807) is 0 Å². The Morgan fingerprint density at radius 1 is 1.08 bits per heavy atom. The normalized spacial score (nSPS) is 14.5. The minimum atomic E-state index is -0.108. The molecule has 5 heteroatoms. The van der Waals surface area contributed by atoms with Crippen LogP contribution in [0.1, 0.15) is 25.0 Å². The van der Waals surface area contributed by atoms with E-state index >= 15 is 0 Å². The van der Waals surface area contributed by atoms with Crippen molar-refractivity contribution >= 4 is 39.2 Å². The zero-order chi connectivity index (χ0) is 17.1. The Labute approximate surface area is 149 Å². The van der Waals surface area contributed by atoms with Crippen LogP contribution in [-0.4, -0.2) is 19.1 Å². The number of rotatable bonds is 5. The zero-order valence-corrected chi connectivity index (χ0v) is 15.1. The van der Waals surface area contributed by atoms with Crippen LogP contribution in [0.5, 0.6) is 11.5 Å². The van der Waals surface area contributed by atoms with Gasteiger partial charge in [-0.05, 0) is 48.0 Å². The minimum Gasteiger partial charge on any atom is -0.493 e. The van der Waals surface area contributed by atoms with Crippen LogP contribution in [0, 0.1) is 0 Å². The Kier molecular flexibility index (Phi) is 4.90. The molecule has 0 atom stereocenters. The van der Waals surface area contributed by atoms with E-state index in [4.69, 9.17) is 9.47 Å². The van der Waals surface area contributed by atoms with Gasteiger partial charge in [-0.2, -0.15) is 0 Å². The Morgan fingerprint density at radius 2 is 1.79 bits per heavy atom. The molecule has 0 saturated heterocycles. The van der Waals surface area contributed by atoms with Gasteiger partial charge in [-0.3, -0.25) is 4.79 Å². The van der Waals surface area contributed by atoms with Crippen LogP contribution in [0.25, 0.3) is 11.6 Å². The van der Waals surface area contributed by atoms with Crippen molar-refractivity contribution in [2.75, 3.05) is 18.5 Å². The molecule has 1 heterocycles. The second kappa shape index (κ2) is 7.09. The number of carbonyl (C=O) groups excluding carboxylic acids is 1. The summed E-state index contributed by atoms with van der Waals surface area (Å²) in [5.41, 5.74) is 3.18. The summed E-state index contributed by atoms with van der Waals surface area (Å²) in [7, 11) is 0. The van der Waals surface area contributed by atoms with Crippen molar-refractivity contribution < 1.29 is 14.3 Å². The topological polar surface area (TPSA) is 47.6 Å². The molecule has 0 bridgehead atoms. The number of ether oxygens (including phenoxy) is 2. The number of anilines is 1. The number of carbonyl (C=O) groups is 1. The maximum atomic E-state index is 12.3. The summed E-state index contributed by atoms with van der Waals surface area (Å²) in [6.45, 7) is 4.96. The molecule has 4 nitrogen and oxygen atoms in total. The Morgan fingerprint density at radius 3 is 2.54 bits per heavy atom. The van der Waals surface area contributed by atoms with E-state index in [1.807, 2.05) is 56.3 Å². The van der Waals surface area contributed by atoms with Crippen molar-refractivity contribution in [2.24, 2.45) is 0 Å². The van der Waals surface area contributed by atoms with Crippen LogP contribution >= 0.6 is 15.9 Å². The van der Waals surface area contributed by atoms with Crippen molar-refractivity contribution in [3.8, 4) is 11.5 Å². The van der Waals surface area contributed by atoms with E-state index in [-0.39, 0.29) is 5.91 Å². The molecule has 1 aliphatic rings. The van der Waals surface area contributed by atoms with E-state index < -0.39 is 0 Å². The molecule has 1 aliphatic heterocycles. The lowest BCUT2D eigenvalue weighted by atomic mass is 10.0. The number of benzene rings is 2. The van der Waals surface area contributed by atoms with Crippen molar-refractivity contribution in [1.82, 2.24) is 0 Å². The SMILES string of the molecule is CCOc1cc(OCC)c(/C=C2\C(=O)Nc3ccccc32)cc1Br. The third-order valence-corrected chi connectivity index (χ3v) is 4.29. The fourth-order valence-electron chi connectivity index (χ4n) is 2.65. The first-order valence-corrected chi connectivity index (χ1v) is 8.65. The van der Waals surface area contributed by atoms with Gasteiger partial charge in [0.2, 0.25) is 0 Å². The molecule has 0 aliphatic carbocycles. The van der Waals surface area contributed by atoms with E-state index in [1.165, 1.54) is 0 Å². The molecular formula is C19H18BrNO3. The second-order valence-corrected chi connectivity index (χ2v) is 6.10. The highest BCUT2D eigenvalue weighted by Gasteiger charge is 2.24. The Hall–Kier alpha value is -2.27. The summed E-state index contributed by atoms with van der Waals surface area (Å²) in [5.74, 6) is 1.30. The van der Waals surface area contributed by atoms with Crippen molar-refractivity contribution in [1.29, 1.82) is 0 Å². The lowest BCUT2D eigenvalue weighted by Crippen LogP contribution is -2.04. The van der Waals surface area contributed by atoms with E-state index in [2.05, 4.69) is 21.2 Å². The van der Waals surface area contributed by atoms with Gasteiger partial charge in [-0.15, -0.1) is 0 Å². The molecule has 0 saturated carbocycles. The summed E-state index contributed by atoms with van der Waals surface area (Å²) in [6, 6.07) is 11.4. The molecule has 2 aromatic carbocycles. The third-order valence-electron chi connectivity index (χ3n) is 3.67. The van der Waals surface area contributed by atoms with Gasteiger partial charge < -0.3 is 14.8 Å². The molecule has 1 amide bonds. The first-order valence-electron chi connectivity index (χ1n) is 7.85. The lowest BCUT2D eigenvalue weighted by Gasteiger charge is -2.13. The number of halogens is 1. The van der Waals surface area contributed by atoms with Gasteiger partial charge in [0, 0.05) is 28.5 Å². The zero-order valence-electron chi connectivity index (χ0n) is 13.6. The molecule has 0 radical (unpaired) electrons. The Balaban J connectivity index is 2.09. The van der Waals surface area contributed by atoms with Crippen molar-refractivity contribution in [3.63, 3.8) is 0 Å². The van der Waals surface area contributed by atoms with Gasteiger partial charge in [0.15, 0.2) is 0 Å². The van der Waals surface area contributed by atoms with Gasteiger partial charge in [0.1, 0.15) is 11.5 Å². The monoisotopic (exact) mass is 387 g/mol. The van der Waals surface area contributed by atoms with E-state index in [0.717, 1.165) is 27.0 Å². The highest BCUT2D eigenvalue weighted by atomic mass is 79.9. The number of hydrogen-bond donors (Lipinski definition) is 1. The smallest absolute Gasteiger partial charge is 0.256 e. The summed E-state index contributed by atoms with van der Waals surface area (Å²) in [5, 5.41) is 2.88. The molecule has 124 valence electrons. The molecule has 24 heavy (non-hydrogen) atoms. The molecule has 0 spiro atoms. The molecule has 0 aromatic heterocycles. The van der Waals surface area contributed by atoms with Crippen LogP contribution in [-0.2, 0) is 4.79 Å². The quantitative estimate of drug-likeness (QED) is 0.753. The standard InChI is InChI=1S/C19H18BrNO3/c1-3-23-17-11-18(24-4-2)15(20)10-12(17)9-14-13-7-5-6-8-16(13)21-19(14)22/h5-11H,3-4H2,1-2H3,(H,21,22)/b14-9-. The highest BCUT2D eigenvalue weighted by Crippen LogP contribution is 2.38. The fraction of sp³-hybridized carbons (Fsp3) is 0.211. The van der Waals surface area contributed by atoms with Gasteiger partial charge >= 0.3 is 0 Å². The number of nitrogens with one attached hydrogen (secondary N) is 1. The number of fused-ring (bicyclic) bond motifs is 1. The highest BCUT2D eigenvalue weighted by molar-refractivity contribution is 9.10. The van der Waals surface area contributed by atoms with Gasteiger partial charge in [0.25, 0.3) is 5.91 Å². The van der Waals surface area contributed by atoms with Gasteiger partial charge in [0.05, 0.1) is 17.7 Å². The van der Waals surface area contributed by atoms with E-state index in [9.17, 15) is 4.79 Å². The average Bonchev–Trinajstić information content (AvgIpc) is 2.88.